The Morgan fingerprint density at radius 3 is 2.59 bits per heavy atom. The second kappa shape index (κ2) is 11.2. The summed E-state index contributed by atoms with van der Waals surface area (Å²) in [5, 5.41) is 2.92. The number of carbonyl (C=O) groups is 1. The first-order valence-corrected chi connectivity index (χ1v) is 14.7. The molecule has 0 amide bonds. The average Bonchev–Trinajstić information content (AvgIpc) is 3.68. The van der Waals surface area contributed by atoms with Crippen molar-refractivity contribution in [2.45, 2.75) is 38.8 Å². The van der Waals surface area contributed by atoms with E-state index in [4.69, 9.17) is 10.5 Å². The number of pyridine rings is 1. The van der Waals surface area contributed by atoms with E-state index in [1.807, 2.05) is 34.8 Å². The number of thiazole rings is 1. The number of halogens is 1. The predicted molar refractivity (Wildman–Crippen MR) is 157 cm³/mol. The summed E-state index contributed by atoms with van der Waals surface area (Å²) in [7, 11) is 0. The molecule has 214 valence electrons. The third-order valence-corrected chi connectivity index (χ3v) is 8.52. The molecule has 4 aromatic rings. The zero-order valence-corrected chi connectivity index (χ0v) is 23.8. The second-order valence-corrected chi connectivity index (χ2v) is 11.8. The molecule has 1 unspecified atom stereocenters. The van der Waals surface area contributed by atoms with Crippen molar-refractivity contribution in [3.8, 4) is 10.7 Å². The number of nitrogens with two attached hydrogens (primary N) is 1. The van der Waals surface area contributed by atoms with Crippen LogP contribution in [0.2, 0.25) is 0 Å². The molecule has 0 radical (unpaired) electrons. The van der Waals surface area contributed by atoms with Gasteiger partial charge in [-0.1, -0.05) is 13.8 Å². The number of rotatable bonds is 8. The highest BCUT2D eigenvalue weighted by Gasteiger charge is 2.29. The van der Waals surface area contributed by atoms with Crippen molar-refractivity contribution in [2.75, 3.05) is 42.6 Å². The van der Waals surface area contributed by atoms with E-state index in [2.05, 4.69) is 19.9 Å². The van der Waals surface area contributed by atoms with E-state index in [-0.39, 0.29) is 35.6 Å². The van der Waals surface area contributed by atoms with E-state index in [1.165, 1.54) is 17.4 Å². The van der Waals surface area contributed by atoms with Crippen molar-refractivity contribution in [3.63, 3.8) is 0 Å². The number of nitrogens with zero attached hydrogens (tertiary/aromatic N) is 6. The van der Waals surface area contributed by atoms with Crippen LogP contribution in [0.1, 0.15) is 43.1 Å². The molecule has 1 aromatic carbocycles. The summed E-state index contributed by atoms with van der Waals surface area (Å²) >= 11 is 1.52. The molecular formula is C29H32FN7O3S. The number of piperazine rings is 1. The molecule has 3 aromatic heterocycles. The van der Waals surface area contributed by atoms with E-state index in [0.29, 0.717) is 43.3 Å². The molecule has 1 atom stereocenters. The van der Waals surface area contributed by atoms with Gasteiger partial charge < -0.3 is 24.8 Å². The van der Waals surface area contributed by atoms with Gasteiger partial charge in [0.05, 0.1) is 11.2 Å². The average molecular weight is 578 g/mol. The highest BCUT2D eigenvalue weighted by molar-refractivity contribution is 7.13. The molecule has 1 saturated carbocycles. The molecule has 10 nitrogen and oxygen atoms in total. The van der Waals surface area contributed by atoms with E-state index in [0.717, 1.165) is 23.5 Å². The van der Waals surface area contributed by atoms with Gasteiger partial charge in [-0.3, -0.25) is 4.79 Å². The van der Waals surface area contributed by atoms with E-state index < -0.39 is 17.2 Å². The molecule has 6 rings (SSSR count). The van der Waals surface area contributed by atoms with Gasteiger partial charge in [0.25, 0.3) is 0 Å². The van der Waals surface area contributed by atoms with Crippen molar-refractivity contribution in [1.82, 2.24) is 19.5 Å². The van der Waals surface area contributed by atoms with Crippen LogP contribution in [0.25, 0.3) is 21.6 Å². The third-order valence-electron chi connectivity index (χ3n) is 7.72. The highest BCUT2D eigenvalue weighted by atomic mass is 32.1. The molecular weight excluding hydrogens is 545 g/mol. The first-order chi connectivity index (χ1) is 19.8. The molecule has 12 heteroatoms. The molecule has 2 aliphatic rings. The van der Waals surface area contributed by atoms with Crippen LogP contribution in [0, 0.1) is 11.7 Å². The number of esters is 1. The van der Waals surface area contributed by atoms with Gasteiger partial charge in [0.15, 0.2) is 0 Å². The molecule has 41 heavy (non-hydrogen) atoms. The summed E-state index contributed by atoms with van der Waals surface area (Å²) in [6, 6.07) is 4.66. The van der Waals surface area contributed by atoms with Crippen LogP contribution in [0.4, 0.5) is 16.0 Å². The van der Waals surface area contributed by atoms with E-state index in [1.54, 1.807) is 24.7 Å². The van der Waals surface area contributed by atoms with Gasteiger partial charge in [0.2, 0.25) is 11.4 Å². The fraction of sp³-hybridized carbons (Fsp3) is 0.414. The normalized spacial score (nSPS) is 16.4. The monoisotopic (exact) mass is 577 g/mol. The number of aromatic nitrogens is 4. The maximum atomic E-state index is 15.6. The summed E-state index contributed by atoms with van der Waals surface area (Å²) in [5.74, 6) is -0.491. The van der Waals surface area contributed by atoms with Crippen molar-refractivity contribution in [1.29, 1.82) is 0 Å². The Morgan fingerprint density at radius 2 is 1.90 bits per heavy atom. The quantitative estimate of drug-likeness (QED) is 0.311. The lowest BCUT2D eigenvalue weighted by molar-refractivity contribution is 0.0460. The number of anilines is 2. The number of hydrogen-bond acceptors (Lipinski definition) is 10. The number of benzene rings is 1. The molecule has 1 aliphatic carbocycles. The number of hydrogen-bond donors (Lipinski definition) is 1. The first-order valence-electron chi connectivity index (χ1n) is 13.8. The smallest absolute Gasteiger partial charge is 0.343 e. The number of carbonyl (C=O) groups excluding carboxylic acids is 1. The summed E-state index contributed by atoms with van der Waals surface area (Å²) in [6.07, 6.45) is 6.90. The van der Waals surface area contributed by atoms with Crippen LogP contribution in [0.15, 0.2) is 47.0 Å². The lowest BCUT2D eigenvalue weighted by Gasteiger charge is -2.36. The molecule has 2 fully saturated rings. The topological polar surface area (TPSA) is 119 Å². The Morgan fingerprint density at radius 1 is 1.15 bits per heavy atom. The maximum Gasteiger partial charge on any atom is 0.343 e. The van der Waals surface area contributed by atoms with Crippen LogP contribution in [0.5, 0.6) is 0 Å². The zero-order valence-electron chi connectivity index (χ0n) is 23.0. The number of ether oxygens (including phenoxy) is 1. The minimum Gasteiger partial charge on any atom is -0.460 e. The minimum atomic E-state index is -0.732. The maximum absolute atomic E-state index is 15.6. The number of fused-ring (bicyclic) bond motifs is 1. The Kier molecular flexibility index (Phi) is 7.43. The van der Waals surface area contributed by atoms with Crippen molar-refractivity contribution >= 4 is 39.8 Å². The molecule has 0 bridgehead atoms. The third kappa shape index (κ3) is 5.53. The van der Waals surface area contributed by atoms with Crippen molar-refractivity contribution in [3.05, 3.63) is 63.8 Å². The fourth-order valence-corrected chi connectivity index (χ4v) is 5.57. The van der Waals surface area contributed by atoms with Crippen LogP contribution < -0.4 is 21.0 Å². The highest BCUT2D eigenvalue weighted by Crippen LogP contribution is 2.38. The molecule has 2 N–H and O–H groups in total. The lowest BCUT2D eigenvalue weighted by atomic mass is 10.1. The van der Waals surface area contributed by atoms with Gasteiger partial charge in [-0.15, -0.1) is 11.3 Å². The fourth-order valence-electron chi connectivity index (χ4n) is 4.96. The largest absolute Gasteiger partial charge is 0.460 e. The van der Waals surface area contributed by atoms with Crippen LogP contribution in [-0.4, -0.2) is 64.3 Å². The Bertz CT molecular complexity index is 1630. The van der Waals surface area contributed by atoms with Crippen LogP contribution in [-0.2, 0) is 4.74 Å². The van der Waals surface area contributed by atoms with E-state index in [9.17, 15) is 9.59 Å². The minimum absolute atomic E-state index is 0.0109. The SMILES string of the molecule is CC(C)C(N)COC(=O)c1cn(C2CC2)c2cc(N3CCN(c4nccc(-c5nccs5)n4)CC3)c(F)cc2c1=O. The molecule has 0 spiro atoms. The van der Waals surface area contributed by atoms with Gasteiger partial charge in [0, 0.05) is 67.6 Å². The second-order valence-electron chi connectivity index (χ2n) is 10.9. The first kappa shape index (κ1) is 27.3. The van der Waals surface area contributed by atoms with Gasteiger partial charge >= 0.3 is 5.97 Å². The van der Waals surface area contributed by atoms with Gasteiger partial charge in [-0.25, -0.2) is 24.1 Å². The van der Waals surface area contributed by atoms with Crippen molar-refractivity contribution < 1.29 is 13.9 Å². The van der Waals surface area contributed by atoms with Crippen LogP contribution >= 0.6 is 11.3 Å². The van der Waals surface area contributed by atoms with Gasteiger partial charge in [-0.05, 0) is 37.0 Å². The molecule has 1 aliphatic heterocycles. The zero-order chi connectivity index (χ0) is 28.7. The molecule has 1 saturated heterocycles. The van der Waals surface area contributed by atoms with Gasteiger partial charge in [0.1, 0.15) is 28.7 Å². The summed E-state index contributed by atoms with van der Waals surface area (Å²) in [5.41, 5.74) is 7.20. The Balaban J connectivity index is 1.24. The Hall–Kier alpha value is -3.90. The summed E-state index contributed by atoms with van der Waals surface area (Å²) < 4.78 is 22.9. The predicted octanol–water partition coefficient (Wildman–Crippen LogP) is 3.86. The van der Waals surface area contributed by atoms with Crippen molar-refractivity contribution in [2.24, 2.45) is 11.7 Å². The molecule has 4 heterocycles. The van der Waals surface area contributed by atoms with E-state index >= 15 is 4.39 Å². The lowest BCUT2D eigenvalue weighted by Crippen LogP contribution is -2.47. The summed E-state index contributed by atoms with van der Waals surface area (Å²) in [4.78, 5) is 43.7. The standard InChI is InChI=1S/C29H32FN7O3S/c1-17(2)22(31)16-40-28(39)20-15-37(18-3-4-18)24-14-25(21(30)13-19(24)26(20)38)35-8-10-36(11-9-35)29-33-6-5-23(34-29)27-32-7-12-41-27/h5-7,12-15,17-18,22H,3-4,8-11,16,31H2,1-2H3. The summed E-state index contributed by atoms with van der Waals surface area (Å²) in [6.45, 7) is 6.21. The van der Waals surface area contributed by atoms with Crippen LogP contribution in [0.3, 0.4) is 0 Å². The van der Waals surface area contributed by atoms with Gasteiger partial charge in [-0.2, -0.15) is 0 Å². The Labute approximate surface area is 240 Å².